The maximum absolute atomic E-state index is 12.3. The average molecular weight is 350 g/mol. The van der Waals surface area contributed by atoms with Gasteiger partial charge >= 0.3 is 0 Å². The molecule has 6 nitrogen and oxygen atoms in total. The van der Waals surface area contributed by atoms with E-state index < -0.39 is 0 Å². The van der Waals surface area contributed by atoms with E-state index in [0.717, 1.165) is 54.7 Å². The van der Waals surface area contributed by atoms with Gasteiger partial charge in [-0.25, -0.2) is 0 Å². The highest BCUT2D eigenvalue weighted by Crippen LogP contribution is 2.32. The summed E-state index contributed by atoms with van der Waals surface area (Å²) in [5.41, 5.74) is 0. The van der Waals surface area contributed by atoms with Crippen LogP contribution in [0, 0.1) is 5.92 Å². The lowest BCUT2D eigenvalue weighted by molar-refractivity contribution is -0.132. The van der Waals surface area contributed by atoms with Gasteiger partial charge in [0.05, 0.1) is 6.54 Å². The summed E-state index contributed by atoms with van der Waals surface area (Å²) in [6, 6.07) is 0. The zero-order chi connectivity index (χ0) is 16.9. The van der Waals surface area contributed by atoms with Crippen molar-refractivity contribution in [2.24, 2.45) is 5.92 Å². The molecule has 0 aromatic carbocycles. The number of hydrogen-bond donors (Lipinski definition) is 1. The molecule has 2 heterocycles. The van der Waals surface area contributed by atoms with Crippen molar-refractivity contribution < 1.29 is 9.59 Å². The third kappa shape index (κ3) is 4.53. The van der Waals surface area contributed by atoms with Crippen LogP contribution in [0.2, 0.25) is 0 Å². The predicted molar refractivity (Wildman–Crippen MR) is 92.6 cm³/mol. The Kier molecular flexibility index (Phi) is 5.81. The third-order valence-electron chi connectivity index (χ3n) is 5.16. The third-order valence-corrected chi connectivity index (χ3v) is 6.24. The fourth-order valence-electron chi connectivity index (χ4n) is 3.35. The van der Waals surface area contributed by atoms with Crippen LogP contribution in [-0.4, -0.2) is 40.0 Å². The van der Waals surface area contributed by atoms with E-state index in [1.54, 1.807) is 11.3 Å². The fraction of sp³-hybridized carbons (Fsp3) is 0.765. The van der Waals surface area contributed by atoms with Crippen molar-refractivity contribution in [2.45, 2.75) is 64.3 Å². The highest BCUT2D eigenvalue weighted by atomic mass is 32.1. The summed E-state index contributed by atoms with van der Waals surface area (Å²) in [6.45, 7) is 3.61. The normalized spacial score (nSPS) is 19.1. The summed E-state index contributed by atoms with van der Waals surface area (Å²) in [5.74, 6) is 1.46. The molecule has 2 amide bonds. The first-order valence-electron chi connectivity index (χ1n) is 8.96. The number of aromatic nitrogens is 2. The Morgan fingerprint density at radius 2 is 1.96 bits per heavy atom. The van der Waals surface area contributed by atoms with Gasteiger partial charge in [-0.15, -0.1) is 10.2 Å². The number of rotatable bonds is 6. The summed E-state index contributed by atoms with van der Waals surface area (Å²) < 4.78 is 0. The number of likely N-dealkylation sites (tertiary alicyclic amines) is 1. The molecule has 24 heavy (non-hydrogen) atoms. The molecule has 132 valence electrons. The van der Waals surface area contributed by atoms with Crippen LogP contribution in [0.3, 0.4) is 0 Å². The first-order chi connectivity index (χ1) is 11.6. The number of carbonyl (C=O) groups excluding carboxylic acids is 2. The minimum atomic E-state index is -0.0551. The Balaban J connectivity index is 1.42. The van der Waals surface area contributed by atoms with Crippen molar-refractivity contribution in [1.82, 2.24) is 20.4 Å². The van der Waals surface area contributed by atoms with E-state index in [0.29, 0.717) is 18.4 Å². The van der Waals surface area contributed by atoms with Crippen LogP contribution < -0.4 is 5.32 Å². The molecule has 1 saturated carbocycles. The number of nitrogens with one attached hydrogen (secondary N) is 1. The topological polar surface area (TPSA) is 75.2 Å². The van der Waals surface area contributed by atoms with E-state index >= 15 is 0 Å². The van der Waals surface area contributed by atoms with E-state index in [1.807, 2.05) is 4.90 Å². The van der Waals surface area contributed by atoms with Gasteiger partial charge < -0.3 is 10.2 Å². The zero-order valence-electron chi connectivity index (χ0n) is 14.3. The van der Waals surface area contributed by atoms with E-state index in [1.165, 1.54) is 26.2 Å². The van der Waals surface area contributed by atoms with Gasteiger partial charge in [0.15, 0.2) is 0 Å². The lowest BCUT2D eigenvalue weighted by atomic mass is 9.82. The Bertz CT molecular complexity index is 577. The second-order valence-electron chi connectivity index (χ2n) is 6.93. The Morgan fingerprint density at radius 1 is 1.21 bits per heavy atom. The largest absolute Gasteiger partial charge is 0.350 e. The van der Waals surface area contributed by atoms with E-state index in [4.69, 9.17) is 0 Å². The quantitative estimate of drug-likeness (QED) is 0.855. The maximum Gasteiger partial charge on any atom is 0.222 e. The van der Waals surface area contributed by atoms with Crippen LogP contribution in [-0.2, 0) is 16.1 Å². The van der Waals surface area contributed by atoms with Crippen molar-refractivity contribution in [3.63, 3.8) is 0 Å². The van der Waals surface area contributed by atoms with E-state index in [9.17, 15) is 9.59 Å². The van der Waals surface area contributed by atoms with Crippen molar-refractivity contribution in [3.05, 3.63) is 10.0 Å². The molecule has 0 unspecified atom stereocenters. The molecule has 1 aliphatic carbocycles. The molecule has 0 bridgehead atoms. The monoisotopic (exact) mass is 350 g/mol. The number of piperidine rings is 1. The van der Waals surface area contributed by atoms with Crippen LogP contribution in [0.4, 0.5) is 0 Å². The van der Waals surface area contributed by atoms with Crippen LogP contribution in [0.15, 0.2) is 0 Å². The number of hydrogen-bond acceptors (Lipinski definition) is 5. The minimum Gasteiger partial charge on any atom is -0.350 e. The minimum absolute atomic E-state index is 0.0551. The lowest BCUT2D eigenvalue weighted by Crippen LogP contribution is -2.38. The highest BCUT2D eigenvalue weighted by Gasteiger charge is 2.27. The Hall–Kier alpha value is -1.50. The molecule has 2 fully saturated rings. The van der Waals surface area contributed by atoms with Gasteiger partial charge in [-0.05, 0) is 25.2 Å². The second kappa shape index (κ2) is 8.05. The van der Waals surface area contributed by atoms with Crippen molar-refractivity contribution >= 4 is 23.2 Å². The summed E-state index contributed by atoms with van der Waals surface area (Å²) in [6.07, 6.45) is 7.68. The molecule has 3 rings (SSSR count). The van der Waals surface area contributed by atoms with Gasteiger partial charge in [-0.2, -0.15) is 0 Å². The standard InChI is InChI=1S/C17H26N4O2S/c1-12(22)18-11-15-19-20-17(24-15)14-7-9-21(10-8-14)16(23)6-5-13-3-2-4-13/h13-14H,2-11H2,1H3,(H,18,22). The van der Waals surface area contributed by atoms with Gasteiger partial charge in [0.25, 0.3) is 0 Å². The molecule has 1 saturated heterocycles. The van der Waals surface area contributed by atoms with Gasteiger partial charge in [-0.1, -0.05) is 30.6 Å². The van der Waals surface area contributed by atoms with Gasteiger partial charge in [-0.3, -0.25) is 9.59 Å². The molecule has 1 aliphatic heterocycles. The number of nitrogens with zero attached hydrogens (tertiary/aromatic N) is 3. The van der Waals surface area contributed by atoms with Crippen molar-refractivity contribution in [1.29, 1.82) is 0 Å². The fourth-order valence-corrected chi connectivity index (χ4v) is 4.30. The Labute approximate surface area is 147 Å². The number of amides is 2. The molecule has 0 spiro atoms. The molecule has 7 heteroatoms. The van der Waals surface area contributed by atoms with Gasteiger partial charge in [0.2, 0.25) is 11.8 Å². The number of carbonyl (C=O) groups is 2. The summed E-state index contributed by atoms with van der Waals surface area (Å²) in [4.78, 5) is 25.3. The second-order valence-corrected chi connectivity index (χ2v) is 8.03. The molecule has 1 aromatic heterocycles. The first-order valence-corrected chi connectivity index (χ1v) is 9.78. The summed E-state index contributed by atoms with van der Waals surface area (Å²) >= 11 is 1.58. The first kappa shape index (κ1) is 17.3. The molecule has 0 atom stereocenters. The summed E-state index contributed by atoms with van der Waals surface area (Å²) in [5, 5.41) is 13.1. The molecule has 1 aromatic rings. The zero-order valence-corrected chi connectivity index (χ0v) is 15.1. The molecular formula is C17H26N4O2S. The van der Waals surface area contributed by atoms with Crippen molar-refractivity contribution in [3.8, 4) is 0 Å². The van der Waals surface area contributed by atoms with Crippen molar-refractivity contribution in [2.75, 3.05) is 13.1 Å². The molecule has 2 aliphatic rings. The lowest BCUT2D eigenvalue weighted by Gasteiger charge is -2.32. The van der Waals surface area contributed by atoms with E-state index in [-0.39, 0.29) is 5.91 Å². The summed E-state index contributed by atoms with van der Waals surface area (Å²) in [7, 11) is 0. The van der Waals surface area contributed by atoms with Gasteiger partial charge in [0, 0.05) is 32.4 Å². The van der Waals surface area contributed by atoms with Crippen LogP contribution >= 0.6 is 11.3 Å². The SMILES string of the molecule is CC(=O)NCc1nnc(C2CCN(C(=O)CCC3CCC3)CC2)s1. The smallest absolute Gasteiger partial charge is 0.222 e. The van der Waals surface area contributed by atoms with Gasteiger partial charge in [0.1, 0.15) is 10.0 Å². The Morgan fingerprint density at radius 3 is 2.58 bits per heavy atom. The molecule has 0 radical (unpaired) electrons. The maximum atomic E-state index is 12.3. The van der Waals surface area contributed by atoms with E-state index in [2.05, 4.69) is 15.5 Å². The highest BCUT2D eigenvalue weighted by molar-refractivity contribution is 7.11. The predicted octanol–water partition coefficient (Wildman–Crippen LogP) is 2.46. The molecular weight excluding hydrogens is 324 g/mol. The van der Waals surface area contributed by atoms with Crippen LogP contribution in [0.5, 0.6) is 0 Å². The van der Waals surface area contributed by atoms with Crippen LogP contribution in [0.1, 0.15) is 67.8 Å². The average Bonchev–Trinajstić information content (AvgIpc) is 3.00. The van der Waals surface area contributed by atoms with Crippen LogP contribution in [0.25, 0.3) is 0 Å². The molecule has 1 N–H and O–H groups in total.